The number of nitrogens with zero attached hydrogens (tertiary/aromatic N) is 3. The van der Waals surface area contributed by atoms with E-state index in [1.807, 2.05) is 24.3 Å². The van der Waals surface area contributed by atoms with Gasteiger partial charge in [-0.25, -0.2) is 18.4 Å². The molecule has 31 heavy (non-hydrogen) atoms. The predicted molar refractivity (Wildman–Crippen MR) is 126 cm³/mol. The third-order valence-corrected chi connectivity index (χ3v) is 6.54. The number of hydrogen-bond donors (Lipinski definition) is 2. The Morgan fingerprint density at radius 1 is 0.871 bits per heavy atom. The minimum Gasteiger partial charge on any atom is -0.336 e. The summed E-state index contributed by atoms with van der Waals surface area (Å²) in [5.74, 6) is 0.182. The van der Waals surface area contributed by atoms with Crippen LogP contribution in [0.5, 0.6) is 0 Å². The number of sulfonamides is 1. The van der Waals surface area contributed by atoms with Crippen molar-refractivity contribution in [1.29, 1.82) is 0 Å². The molecule has 0 aliphatic carbocycles. The zero-order chi connectivity index (χ0) is 22.0. The maximum absolute atomic E-state index is 13.0. The summed E-state index contributed by atoms with van der Waals surface area (Å²) in [4.78, 5) is 19.1. The molecule has 1 aromatic heterocycles. The number of hydrogen-bond acceptors (Lipinski definition) is 7. The lowest BCUT2D eigenvalue weighted by Crippen LogP contribution is -2.16. The number of anilines is 3. The van der Waals surface area contributed by atoms with E-state index in [9.17, 15) is 18.5 Å². The molecule has 2 N–H and O–H groups in total. The fourth-order valence-electron chi connectivity index (χ4n) is 2.80. The van der Waals surface area contributed by atoms with Crippen molar-refractivity contribution in [2.24, 2.45) is 0 Å². The van der Waals surface area contributed by atoms with Crippen molar-refractivity contribution in [3.05, 3.63) is 86.5 Å². The molecule has 11 heteroatoms. The number of rotatable bonds is 6. The Morgan fingerprint density at radius 3 is 2.19 bits per heavy atom. The molecule has 0 aliphatic heterocycles. The van der Waals surface area contributed by atoms with Gasteiger partial charge in [0.05, 0.1) is 26.5 Å². The fourth-order valence-corrected chi connectivity index (χ4v) is 4.37. The summed E-state index contributed by atoms with van der Waals surface area (Å²) in [6, 6.07) is 19.3. The molecule has 0 atom stereocenters. The van der Waals surface area contributed by atoms with Crippen molar-refractivity contribution in [3.63, 3.8) is 0 Å². The molecule has 0 radical (unpaired) electrons. The standard InChI is InChI=1S/C20H14IN5O4S/c21-15-8-1-2-9-16(15)22-19-20(24-18-11-4-3-10-17(18)23-19)25-31(29,30)14-7-5-6-13(12-14)26(27)28/h1-12H,(H,22,23)(H,24,25). The molecule has 1 heterocycles. The van der Waals surface area contributed by atoms with Crippen LogP contribution in [-0.4, -0.2) is 23.3 Å². The van der Waals surface area contributed by atoms with Gasteiger partial charge in [0.25, 0.3) is 15.7 Å². The third-order valence-electron chi connectivity index (χ3n) is 4.27. The average Bonchev–Trinajstić information content (AvgIpc) is 2.75. The van der Waals surface area contributed by atoms with Gasteiger partial charge in [0.15, 0.2) is 11.6 Å². The first-order chi connectivity index (χ1) is 14.8. The Balaban J connectivity index is 1.79. The normalized spacial score (nSPS) is 11.3. The molecule has 0 amide bonds. The third kappa shape index (κ3) is 4.56. The van der Waals surface area contributed by atoms with E-state index >= 15 is 0 Å². The minimum absolute atomic E-state index is 0.0233. The largest absolute Gasteiger partial charge is 0.336 e. The van der Waals surface area contributed by atoms with Gasteiger partial charge in [-0.1, -0.05) is 30.3 Å². The topological polar surface area (TPSA) is 127 Å². The molecule has 0 saturated carbocycles. The van der Waals surface area contributed by atoms with Gasteiger partial charge in [-0.2, -0.15) is 0 Å². The Kier molecular flexibility index (Phi) is 5.69. The van der Waals surface area contributed by atoms with Crippen LogP contribution in [0.15, 0.2) is 77.7 Å². The van der Waals surface area contributed by atoms with E-state index in [0.717, 1.165) is 15.3 Å². The Morgan fingerprint density at radius 2 is 1.52 bits per heavy atom. The SMILES string of the molecule is O=[N+]([O-])c1cccc(S(=O)(=O)Nc2nc3ccccc3nc2Nc2ccccc2I)c1. The summed E-state index contributed by atoms with van der Waals surface area (Å²) in [5.41, 5.74) is 1.47. The zero-order valence-electron chi connectivity index (χ0n) is 15.7. The van der Waals surface area contributed by atoms with Crippen molar-refractivity contribution in [1.82, 2.24) is 9.97 Å². The van der Waals surface area contributed by atoms with E-state index < -0.39 is 14.9 Å². The number of fused-ring (bicyclic) bond motifs is 1. The van der Waals surface area contributed by atoms with Crippen LogP contribution in [0.25, 0.3) is 11.0 Å². The van der Waals surface area contributed by atoms with E-state index in [1.165, 1.54) is 18.2 Å². The van der Waals surface area contributed by atoms with Crippen molar-refractivity contribution in [3.8, 4) is 0 Å². The molecule has 3 aromatic carbocycles. The lowest BCUT2D eigenvalue weighted by molar-refractivity contribution is -0.385. The van der Waals surface area contributed by atoms with Crippen molar-refractivity contribution in [2.45, 2.75) is 4.90 Å². The first-order valence-corrected chi connectivity index (χ1v) is 11.5. The summed E-state index contributed by atoms with van der Waals surface area (Å²) in [6.07, 6.45) is 0. The molecule has 0 fully saturated rings. The van der Waals surface area contributed by atoms with E-state index in [0.29, 0.717) is 11.0 Å². The van der Waals surface area contributed by atoms with Crippen molar-refractivity contribution >= 4 is 66.7 Å². The van der Waals surface area contributed by atoms with Crippen LogP contribution in [-0.2, 0) is 10.0 Å². The molecule has 0 bridgehead atoms. The molecule has 0 saturated heterocycles. The lowest BCUT2D eigenvalue weighted by atomic mass is 10.3. The van der Waals surface area contributed by atoms with Crippen LogP contribution in [0.3, 0.4) is 0 Å². The van der Waals surface area contributed by atoms with E-state index in [2.05, 4.69) is 42.6 Å². The Labute approximate surface area is 190 Å². The van der Waals surface area contributed by atoms with Gasteiger partial charge in [-0.15, -0.1) is 0 Å². The molecule has 0 aliphatic rings. The number of nitro groups is 1. The van der Waals surface area contributed by atoms with Gasteiger partial charge in [-0.05, 0) is 52.9 Å². The van der Waals surface area contributed by atoms with Gasteiger partial charge in [0.2, 0.25) is 0 Å². The Bertz CT molecular complexity index is 1410. The van der Waals surface area contributed by atoms with Gasteiger partial charge in [0, 0.05) is 15.7 Å². The van der Waals surface area contributed by atoms with Crippen LogP contribution < -0.4 is 10.0 Å². The van der Waals surface area contributed by atoms with Crippen molar-refractivity contribution < 1.29 is 13.3 Å². The predicted octanol–water partition coefficient (Wildman–Crippen LogP) is 4.69. The van der Waals surface area contributed by atoms with Gasteiger partial charge >= 0.3 is 0 Å². The first kappa shape index (κ1) is 20.9. The second kappa shape index (κ2) is 8.43. The van der Waals surface area contributed by atoms with Gasteiger partial charge in [-0.3, -0.25) is 14.8 Å². The molecule has 4 rings (SSSR count). The van der Waals surface area contributed by atoms with Crippen LogP contribution >= 0.6 is 22.6 Å². The zero-order valence-corrected chi connectivity index (χ0v) is 18.7. The molecule has 156 valence electrons. The fraction of sp³-hybridized carbons (Fsp3) is 0. The van der Waals surface area contributed by atoms with Crippen LogP contribution in [0.2, 0.25) is 0 Å². The number of non-ortho nitro benzene ring substituents is 1. The molecule has 0 spiro atoms. The summed E-state index contributed by atoms with van der Waals surface area (Å²) in [7, 11) is -4.16. The van der Waals surface area contributed by atoms with Crippen molar-refractivity contribution in [2.75, 3.05) is 10.0 Å². The number of aromatic nitrogens is 2. The average molecular weight is 547 g/mol. The molecule has 4 aromatic rings. The molecule has 9 nitrogen and oxygen atoms in total. The van der Waals surface area contributed by atoms with Gasteiger partial charge in [0.1, 0.15) is 0 Å². The maximum Gasteiger partial charge on any atom is 0.270 e. The van der Waals surface area contributed by atoms with E-state index in [4.69, 9.17) is 0 Å². The summed E-state index contributed by atoms with van der Waals surface area (Å²) in [6.45, 7) is 0. The summed E-state index contributed by atoms with van der Waals surface area (Å²) in [5, 5.41) is 14.2. The van der Waals surface area contributed by atoms with Crippen LogP contribution in [0, 0.1) is 13.7 Å². The number of benzene rings is 3. The molecular formula is C20H14IN5O4S. The van der Waals surface area contributed by atoms with E-state index in [1.54, 1.807) is 24.3 Å². The highest BCUT2D eigenvalue weighted by Gasteiger charge is 2.21. The first-order valence-electron chi connectivity index (χ1n) is 8.89. The second-order valence-electron chi connectivity index (χ2n) is 6.37. The highest BCUT2D eigenvalue weighted by molar-refractivity contribution is 14.1. The second-order valence-corrected chi connectivity index (χ2v) is 9.22. The van der Waals surface area contributed by atoms with Crippen LogP contribution in [0.1, 0.15) is 0 Å². The molecular weight excluding hydrogens is 533 g/mol. The monoisotopic (exact) mass is 547 g/mol. The highest BCUT2D eigenvalue weighted by Crippen LogP contribution is 2.29. The van der Waals surface area contributed by atoms with Gasteiger partial charge < -0.3 is 5.32 Å². The highest BCUT2D eigenvalue weighted by atomic mass is 127. The Hall–Kier alpha value is -3.32. The summed E-state index contributed by atoms with van der Waals surface area (Å²) < 4.78 is 29.2. The minimum atomic E-state index is -4.16. The molecule has 0 unspecified atom stereocenters. The van der Waals surface area contributed by atoms with E-state index in [-0.39, 0.29) is 22.2 Å². The quantitative estimate of drug-likeness (QED) is 0.204. The maximum atomic E-state index is 13.0. The lowest BCUT2D eigenvalue weighted by Gasteiger charge is -2.14. The number of halogens is 1. The number of nitrogens with one attached hydrogen (secondary N) is 2. The summed E-state index contributed by atoms with van der Waals surface area (Å²) >= 11 is 2.15. The smallest absolute Gasteiger partial charge is 0.270 e. The number of nitro benzene ring substituents is 1. The van der Waals surface area contributed by atoms with Crippen LogP contribution in [0.4, 0.5) is 23.0 Å². The number of para-hydroxylation sites is 3.